The molecule has 3 amide bonds. The standard InChI is InChI=1S/C26H35N5O3S2/c27-21(26(34)31-13-14-36-17-31)11-4-5-12-29-24(32)19-9-6-10-20(16-19)30-25(33)23(35)22(28)15-18-7-2-1-3-8-18/h1-3,6-10,16,21-23,35H,4-5,11-15,17,27-28H2,(H,29,32)(H,30,33). The van der Waals surface area contributed by atoms with Crippen molar-refractivity contribution in [3.63, 3.8) is 0 Å². The first kappa shape index (κ1) is 28.0. The maximum Gasteiger partial charge on any atom is 0.251 e. The number of hydrogen-bond acceptors (Lipinski definition) is 7. The third-order valence-electron chi connectivity index (χ3n) is 5.99. The van der Waals surface area contributed by atoms with E-state index in [2.05, 4.69) is 23.3 Å². The van der Waals surface area contributed by atoms with E-state index in [9.17, 15) is 14.4 Å². The van der Waals surface area contributed by atoms with Gasteiger partial charge in [0.15, 0.2) is 0 Å². The van der Waals surface area contributed by atoms with Crippen molar-refractivity contribution in [1.82, 2.24) is 10.2 Å². The predicted octanol–water partition coefficient (Wildman–Crippen LogP) is 2.25. The second-order valence-electron chi connectivity index (χ2n) is 8.87. The summed E-state index contributed by atoms with van der Waals surface area (Å²) in [5.41, 5.74) is 14.2. The number of carbonyl (C=O) groups excluding carboxylic acids is 3. The number of hydrogen-bond donors (Lipinski definition) is 5. The van der Waals surface area contributed by atoms with Gasteiger partial charge in [-0.15, -0.1) is 11.8 Å². The molecule has 1 fully saturated rings. The van der Waals surface area contributed by atoms with Gasteiger partial charge in [-0.3, -0.25) is 14.4 Å². The van der Waals surface area contributed by atoms with Crippen LogP contribution in [0.2, 0.25) is 0 Å². The van der Waals surface area contributed by atoms with E-state index >= 15 is 0 Å². The van der Waals surface area contributed by atoms with Crippen molar-refractivity contribution in [2.24, 2.45) is 11.5 Å². The summed E-state index contributed by atoms with van der Waals surface area (Å²) in [6.45, 7) is 1.24. The Morgan fingerprint density at radius 3 is 2.56 bits per heavy atom. The monoisotopic (exact) mass is 529 g/mol. The van der Waals surface area contributed by atoms with Crippen LogP contribution in [0.15, 0.2) is 54.6 Å². The summed E-state index contributed by atoms with van der Waals surface area (Å²) >= 11 is 6.15. The van der Waals surface area contributed by atoms with Gasteiger partial charge < -0.3 is 27.0 Å². The first-order valence-electron chi connectivity index (χ1n) is 12.1. The van der Waals surface area contributed by atoms with E-state index in [1.807, 2.05) is 30.3 Å². The average molecular weight is 530 g/mol. The Bertz CT molecular complexity index is 1020. The number of nitrogens with one attached hydrogen (secondary N) is 2. The molecule has 2 aromatic carbocycles. The molecule has 0 radical (unpaired) electrons. The van der Waals surface area contributed by atoms with Crippen LogP contribution in [0.25, 0.3) is 0 Å². The maximum absolute atomic E-state index is 12.6. The number of amides is 3. The molecule has 1 aliphatic rings. The molecule has 36 heavy (non-hydrogen) atoms. The van der Waals surface area contributed by atoms with E-state index in [1.54, 1.807) is 40.9 Å². The fourth-order valence-corrected chi connectivity index (χ4v) is 5.01. The van der Waals surface area contributed by atoms with E-state index in [4.69, 9.17) is 11.5 Å². The molecule has 194 valence electrons. The zero-order chi connectivity index (χ0) is 25.9. The van der Waals surface area contributed by atoms with Crippen molar-refractivity contribution in [3.8, 4) is 0 Å². The molecule has 6 N–H and O–H groups in total. The summed E-state index contributed by atoms with van der Waals surface area (Å²) < 4.78 is 0. The second-order valence-corrected chi connectivity index (χ2v) is 10.5. The summed E-state index contributed by atoms with van der Waals surface area (Å²) in [6.07, 6.45) is 2.59. The summed E-state index contributed by atoms with van der Waals surface area (Å²) in [5.74, 6) is 1.14. The molecule has 0 spiro atoms. The first-order chi connectivity index (χ1) is 17.3. The maximum atomic E-state index is 12.6. The smallest absolute Gasteiger partial charge is 0.251 e. The van der Waals surface area contributed by atoms with Gasteiger partial charge in [0.05, 0.1) is 17.2 Å². The molecule has 0 aliphatic carbocycles. The number of rotatable bonds is 12. The minimum absolute atomic E-state index is 0.00683. The third-order valence-corrected chi connectivity index (χ3v) is 7.57. The molecule has 8 nitrogen and oxygen atoms in total. The highest BCUT2D eigenvalue weighted by molar-refractivity contribution is 7.99. The van der Waals surface area contributed by atoms with Gasteiger partial charge in [0, 0.05) is 36.1 Å². The number of nitrogens with zero attached hydrogens (tertiary/aromatic N) is 1. The van der Waals surface area contributed by atoms with Crippen LogP contribution >= 0.6 is 24.4 Å². The van der Waals surface area contributed by atoms with Crippen LogP contribution in [0, 0.1) is 0 Å². The highest BCUT2D eigenvalue weighted by atomic mass is 32.2. The number of benzene rings is 2. The van der Waals surface area contributed by atoms with E-state index < -0.39 is 17.3 Å². The summed E-state index contributed by atoms with van der Waals surface area (Å²) in [4.78, 5) is 39.3. The van der Waals surface area contributed by atoms with Gasteiger partial charge in [-0.2, -0.15) is 12.6 Å². The van der Waals surface area contributed by atoms with Crippen molar-refractivity contribution in [2.45, 2.75) is 43.0 Å². The average Bonchev–Trinajstić information content (AvgIpc) is 3.43. The summed E-state index contributed by atoms with van der Waals surface area (Å²) in [6, 6.07) is 15.5. The molecule has 0 aromatic heterocycles. The van der Waals surface area contributed by atoms with Gasteiger partial charge in [-0.1, -0.05) is 36.4 Å². The van der Waals surface area contributed by atoms with Crippen LogP contribution in [0.4, 0.5) is 5.69 Å². The first-order valence-corrected chi connectivity index (χ1v) is 13.8. The molecule has 1 heterocycles. The topological polar surface area (TPSA) is 131 Å². The minimum Gasteiger partial charge on any atom is -0.352 e. The minimum atomic E-state index is -0.704. The van der Waals surface area contributed by atoms with Crippen LogP contribution in [0.3, 0.4) is 0 Å². The van der Waals surface area contributed by atoms with Crippen molar-refractivity contribution in [2.75, 3.05) is 30.0 Å². The van der Waals surface area contributed by atoms with E-state index in [1.165, 1.54) is 0 Å². The van der Waals surface area contributed by atoms with Crippen LogP contribution in [0.5, 0.6) is 0 Å². The largest absolute Gasteiger partial charge is 0.352 e. The van der Waals surface area contributed by atoms with Gasteiger partial charge in [0.1, 0.15) is 0 Å². The lowest BCUT2D eigenvalue weighted by atomic mass is 10.0. The Kier molecular flexibility index (Phi) is 11.1. The van der Waals surface area contributed by atoms with Crippen LogP contribution in [0.1, 0.15) is 35.2 Å². The zero-order valence-electron chi connectivity index (χ0n) is 20.3. The highest BCUT2D eigenvalue weighted by Gasteiger charge is 2.24. The number of anilines is 1. The van der Waals surface area contributed by atoms with Crippen molar-refractivity contribution in [3.05, 3.63) is 65.7 Å². The number of thiol groups is 1. The molecule has 1 aliphatic heterocycles. The van der Waals surface area contributed by atoms with Crippen LogP contribution < -0.4 is 22.1 Å². The Morgan fingerprint density at radius 2 is 1.83 bits per heavy atom. The Morgan fingerprint density at radius 1 is 1.06 bits per heavy atom. The number of nitrogens with two attached hydrogens (primary N) is 2. The Balaban J connectivity index is 1.40. The summed E-state index contributed by atoms with van der Waals surface area (Å²) in [5, 5.41) is 4.98. The fraction of sp³-hybridized carbons (Fsp3) is 0.423. The van der Waals surface area contributed by atoms with Crippen molar-refractivity contribution >= 4 is 47.8 Å². The number of thioether (sulfide) groups is 1. The third kappa shape index (κ3) is 8.55. The lowest BCUT2D eigenvalue weighted by Gasteiger charge is -2.19. The SMILES string of the molecule is NC(CCCCNC(=O)c1cccc(NC(=O)C(S)C(N)Cc2ccccc2)c1)C(=O)N1CCSC1. The highest BCUT2D eigenvalue weighted by Crippen LogP contribution is 2.16. The van der Waals surface area contributed by atoms with E-state index in [-0.39, 0.29) is 17.7 Å². The van der Waals surface area contributed by atoms with E-state index in [0.29, 0.717) is 30.6 Å². The van der Waals surface area contributed by atoms with Gasteiger partial charge in [0.2, 0.25) is 11.8 Å². The molecule has 0 bridgehead atoms. The fourth-order valence-electron chi connectivity index (χ4n) is 3.89. The predicted molar refractivity (Wildman–Crippen MR) is 149 cm³/mol. The quantitative estimate of drug-likeness (QED) is 0.212. The molecule has 1 saturated heterocycles. The lowest BCUT2D eigenvalue weighted by Crippen LogP contribution is -2.42. The molecule has 2 aromatic rings. The number of carbonyl (C=O) groups is 3. The molecular weight excluding hydrogens is 494 g/mol. The Hall–Kier alpha value is -2.53. The van der Waals surface area contributed by atoms with Gasteiger partial charge >= 0.3 is 0 Å². The molecular formula is C26H35N5O3S2. The van der Waals surface area contributed by atoms with Gasteiger partial charge in [0.25, 0.3) is 5.91 Å². The molecule has 3 atom stereocenters. The van der Waals surface area contributed by atoms with Gasteiger partial charge in [-0.25, -0.2) is 0 Å². The Labute approximate surface area is 222 Å². The zero-order valence-corrected chi connectivity index (χ0v) is 22.0. The molecule has 3 rings (SSSR count). The van der Waals surface area contributed by atoms with Crippen molar-refractivity contribution in [1.29, 1.82) is 0 Å². The van der Waals surface area contributed by atoms with Crippen molar-refractivity contribution < 1.29 is 14.4 Å². The number of unbranched alkanes of at least 4 members (excludes halogenated alkanes) is 1. The molecule has 0 saturated carbocycles. The van der Waals surface area contributed by atoms with E-state index in [0.717, 1.165) is 36.6 Å². The lowest BCUT2D eigenvalue weighted by molar-refractivity contribution is -0.131. The van der Waals surface area contributed by atoms with Crippen LogP contribution in [-0.4, -0.2) is 64.7 Å². The summed E-state index contributed by atoms with van der Waals surface area (Å²) in [7, 11) is 0. The second kappa shape index (κ2) is 14.3. The normalized spacial score (nSPS) is 15.7. The van der Waals surface area contributed by atoms with Crippen LogP contribution in [-0.2, 0) is 16.0 Å². The van der Waals surface area contributed by atoms with Gasteiger partial charge in [-0.05, 0) is 49.4 Å². The molecule has 10 heteroatoms. The molecule has 3 unspecified atom stereocenters.